The number of methoxy groups -OCH3 is 1. The van der Waals surface area contributed by atoms with Gasteiger partial charge in [-0.05, 0) is 109 Å². The topological polar surface area (TPSA) is 9.23 Å². The van der Waals surface area contributed by atoms with Crippen LogP contribution in [-0.4, -0.2) is 13.2 Å². The Morgan fingerprint density at radius 1 is 0.750 bits per heavy atom. The largest absolute Gasteiger partial charge is 0.381 e. The molecule has 32 heavy (non-hydrogen) atoms. The van der Waals surface area contributed by atoms with Crippen molar-refractivity contribution in [3.05, 3.63) is 0 Å². The summed E-state index contributed by atoms with van der Waals surface area (Å²) in [4.78, 5) is 0. The number of rotatable bonds is 6. The second-order valence-corrected chi connectivity index (χ2v) is 14.8. The van der Waals surface area contributed by atoms with Crippen LogP contribution < -0.4 is 0 Å². The molecule has 0 spiro atoms. The summed E-state index contributed by atoms with van der Waals surface area (Å²) < 4.78 is 6.03. The van der Waals surface area contributed by atoms with Crippen LogP contribution in [0.15, 0.2) is 0 Å². The van der Waals surface area contributed by atoms with Gasteiger partial charge >= 0.3 is 0 Å². The van der Waals surface area contributed by atoms with Crippen LogP contribution in [0.4, 0.5) is 0 Å². The first-order valence-corrected chi connectivity index (χ1v) is 14.4. The van der Waals surface area contributed by atoms with Crippen LogP contribution in [-0.2, 0) is 4.74 Å². The molecule has 0 aromatic heterocycles. The Balaban J connectivity index is 1.55. The van der Waals surface area contributed by atoms with Crippen LogP contribution in [0.25, 0.3) is 0 Å². The maximum Gasteiger partial charge on any atom is 0.0625 e. The van der Waals surface area contributed by atoms with Crippen molar-refractivity contribution in [3.63, 3.8) is 0 Å². The standard InChI is InChI=1S/C31H56O/c1-21(2)11-10-12-22(3)23-15-19-31(8)25-13-14-26-28(4,5)27(32-9)17-18-29(26,6)24(25)16-20-30(23,31)7/h21-27H,10-20H2,1-9H3. The van der Waals surface area contributed by atoms with Gasteiger partial charge < -0.3 is 4.74 Å². The molecule has 4 aliphatic carbocycles. The first-order valence-electron chi connectivity index (χ1n) is 14.4. The molecule has 0 heterocycles. The molecule has 0 radical (unpaired) electrons. The molecule has 0 amide bonds. The van der Waals surface area contributed by atoms with E-state index in [0.717, 1.165) is 35.5 Å². The lowest BCUT2D eigenvalue weighted by Gasteiger charge is -2.67. The summed E-state index contributed by atoms with van der Waals surface area (Å²) in [6.07, 6.45) is 16.3. The van der Waals surface area contributed by atoms with Crippen LogP contribution >= 0.6 is 0 Å². The van der Waals surface area contributed by atoms with Gasteiger partial charge in [0, 0.05) is 7.11 Å². The van der Waals surface area contributed by atoms with Gasteiger partial charge in [0.15, 0.2) is 0 Å². The minimum atomic E-state index is 0.317. The first-order chi connectivity index (χ1) is 14.9. The van der Waals surface area contributed by atoms with E-state index in [1.165, 1.54) is 70.6 Å². The SMILES string of the molecule is COC1CCC2(C)C3CCC4(C)C(C(C)CCCC(C)C)CCC4(C)C3CCC2C1(C)C. The molecule has 4 fully saturated rings. The molecule has 4 rings (SSSR count). The Kier molecular flexibility index (Phi) is 6.71. The molecule has 0 bridgehead atoms. The van der Waals surface area contributed by atoms with Crippen molar-refractivity contribution in [3.8, 4) is 0 Å². The third-order valence-corrected chi connectivity index (χ3v) is 12.9. The summed E-state index contributed by atoms with van der Waals surface area (Å²) in [5.74, 6) is 5.43. The van der Waals surface area contributed by atoms with E-state index in [4.69, 9.17) is 4.74 Å². The monoisotopic (exact) mass is 444 g/mol. The number of hydrogen-bond donors (Lipinski definition) is 0. The zero-order valence-corrected chi connectivity index (χ0v) is 23.2. The van der Waals surface area contributed by atoms with E-state index in [1.54, 1.807) is 0 Å². The lowest BCUT2D eigenvalue weighted by atomic mass is 9.38. The Morgan fingerprint density at radius 2 is 1.44 bits per heavy atom. The van der Waals surface area contributed by atoms with E-state index in [1.807, 2.05) is 7.11 Å². The normalized spacial score (nSPS) is 48.8. The van der Waals surface area contributed by atoms with Crippen LogP contribution in [0.1, 0.15) is 126 Å². The second kappa shape index (κ2) is 8.57. The molecule has 0 N–H and O–H groups in total. The quantitative estimate of drug-likeness (QED) is 0.397. The zero-order valence-electron chi connectivity index (χ0n) is 23.2. The lowest BCUT2D eigenvalue weighted by molar-refractivity contribution is -0.204. The molecule has 0 saturated heterocycles. The van der Waals surface area contributed by atoms with Crippen LogP contribution in [0, 0.1) is 57.2 Å². The highest BCUT2D eigenvalue weighted by Crippen LogP contribution is 2.74. The van der Waals surface area contributed by atoms with Crippen molar-refractivity contribution in [1.29, 1.82) is 0 Å². The highest BCUT2D eigenvalue weighted by atomic mass is 16.5. The second-order valence-electron chi connectivity index (χ2n) is 14.8. The maximum atomic E-state index is 6.03. The zero-order chi connectivity index (χ0) is 23.5. The molecule has 1 nitrogen and oxygen atoms in total. The summed E-state index contributed by atoms with van der Waals surface area (Å²) in [7, 11) is 1.95. The Morgan fingerprint density at radius 3 is 2.09 bits per heavy atom. The summed E-state index contributed by atoms with van der Waals surface area (Å²) in [6.45, 7) is 20.7. The number of fused-ring (bicyclic) bond motifs is 5. The lowest BCUT2D eigenvalue weighted by Crippen LogP contribution is -2.61. The van der Waals surface area contributed by atoms with Crippen molar-refractivity contribution in [2.75, 3.05) is 7.11 Å². The number of hydrogen-bond acceptors (Lipinski definition) is 1. The van der Waals surface area contributed by atoms with Crippen molar-refractivity contribution < 1.29 is 4.74 Å². The van der Waals surface area contributed by atoms with Crippen LogP contribution in [0.5, 0.6) is 0 Å². The smallest absolute Gasteiger partial charge is 0.0625 e. The van der Waals surface area contributed by atoms with E-state index >= 15 is 0 Å². The van der Waals surface area contributed by atoms with Gasteiger partial charge in [0.05, 0.1) is 6.10 Å². The van der Waals surface area contributed by atoms with Crippen molar-refractivity contribution in [1.82, 2.24) is 0 Å². The molecular formula is C31H56O. The minimum Gasteiger partial charge on any atom is -0.381 e. The van der Waals surface area contributed by atoms with Gasteiger partial charge in [-0.25, -0.2) is 0 Å². The first kappa shape index (κ1) is 25.1. The van der Waals surface area contributed by atoms with Gasteiger partial charge in [-0.2, -0.15) is 0 Å². The molecule has 1 heteroatoms. The van der Waals surface area contributed by atoms with Gasteiger partial charge in [0.1, 0.15) is 0 Å². The van der Waals surface area contributed by atoms with Gasteiger partial charge in [-0.15, -0.1) is 0 Å². The molecule has 4 aliphatic rings. The summed E-state index contributed by atoms with van der Waals surface area (Å²) in [5.41, 5.74) is 1.96. The average Bonchev–Trinajstić information content (AvgIpc) is 2.99. The average molecular weight is 445 g/mol. The Hall–Kier alpha value is -0.0400. The van der Waals surface area contributed by atoms with Gasteiger partial charge in [-0.1, -0.05) is 74.7 Å². The van der Waals surface area contributed by atoms with Crippen molar-refractivity contribution in [2.24, 2.45) is 57.2 Å². The van der Waals surface area contributed by atoms with Crippen molar-refractivity contribution in [2.45, 2.75) is 132 Å². The molecule has 4 saturated carbocycles. The van der Waals surface area contributed by atoms with Gasteiger partial charge in [-0.3, -0.25) is 0 Å². The molecule has 0 aliphatic heterocycles. The van der Waals surface area contributed by atoms with Crippen molar-refractivity contribution >= 4 is 0 Å². The highest BCUT2D eigenvalue weighted by molar-refractivity contribution is 5.16. The van der Waals surface area contributed by atoms with E-state index in [0.29, 0.717) is 27.8 Å². The van der Waals surface area contributed by atoms with E-state index in [2.05, 4.69) is 55.4 Å². The van der Waals surface area contributed by atoms with Crippen LogP contribution in [0.2, 0.25) is 0 Å². The highest BCUT2D eigenvalue weighted by Gasteiger charge is 2.67. The Labute approximate surface area is 201 Å². The fraction of sp³-hybridized carbons (Fsp3) is 1.00. The molecule has 0 aromatic rings. The molecule has 9 atom stereocenters. The predicted octanol–water partition coefficient (Wildman–Crippen LogP) is 9.15. The predicted molar refractivity (Wildman–Crippen MR) is 138 cm³/mol. The maximum absolute atomic E-state index is 6.03. The molecule has 9 unspecified atom stereocenters. The van der Waals surface area contributed by atoms with Gasteiger partial charge in [0.25, 0.3) is 0 Å². The molecule has 186 valence electrons. The van der Waals surface area contributed by atoms with E-state index in [9.17, 15) is 0 Å². The molecular weight excluding hydrogens is 388 g/mol. The number of ether oxygens (including phenoxy) is 1. The Bertz CT molecular complexity index is 665. The minimum absolute atomic E-state index is 0.317. The van der Waals surface area contributed by atoms with E-state index in [-0.39, 0.29) is 0 Å². The summed E-state index contributed by atoms with van der Waals surface area (Å²) in [5, 5.41) is 0. The fourth-order valence-electron chi connectivity index (χ4n) is 10.9. The fourth-order valence-corrected chi connectivity index (χ4v) is 10.9. The third kappa shape index (κ3) is 3.56. The summed E-state index contributed by atoms with van der Waals surface area (Å²) in [6, 6.07) is 0. The third-order valence-electron chi connectivity index (χ3n) is 12.9. The van der Waals surface area contributed by atoms with Crippen LogP contribution in [0.3, 0.4) is 0 Å². The molecule has 0 aromatic carbocycles. The van der Waals surface area contributed by atoms with Gasteiger partial charge in [0.2, 0.25) is 0 Å². The van der Waals surface area contributed by atoms with E-state index < -0.39 is 0 Å². The summed E-state index contributed by atoms with van der Waals surface area (Å²) >= 11 is 0.